The van der Waals surface area contributed by atoms with Gasteiger partial charge in [0, 0.05) is 57.1 Å². The van der Waals surface area contributed by atoms with E-state index in [0.717, 1.165) is 69.9 Å². The fraction of sp³-hybridized carbons (Fsp3) is 0.296. The third-order valence-corrected chi connectivity index (χ3v) is 7.86. The second-order valence-corrected chi connectivity index (χ2v) is 11.5. The van der Waals surface area contributed by atoms with Crippen LogP contribution in [0.15, 0.2) is 71.5 Å². The van der Waals surface area contributed by atoms with Crippen molar-refractivity contribution in [3.8, 4) is 5.75 Å². The molecular weight excluding hydrogens is 552 g/mol. The topological polar surface area (TPSA) is 101 Å². The summed E-state index contributed by atoms with van der Waals surface area (Å²) in [7, 11) is -0.503. The minimum Gasteiger partial charge on any atom is -0.490 e. The molecule has 3 N–H and O–H groups in total. The second kappa shape index (κ2) is 12.4. The summed E-state index contributed by atoms with van der Waals surface area (Å²) in [5.41, 5.74) is 2.71. The smallest absolute Gasteiger partial charge is 0.229 e. The first-order valence-electron chi connectivity index (χ1n) is 12.4. The molecule has 0 amide bonds. The maximum Gasteiger partial charge on any atom is 0.229 e. The van der Waals surface area contributed by atoms with Crippen molar-refractivity contribution in [2.24, 2.45) is 0 Å². The summed E-state index contributed by atoms with van der Waals surface area (Å²) in [4.78, 5) is 13.4. The van der Waals surface area contributed by atoms with Crippen LogP contribution in [-0.4, -0.2) is 49.9 Å². The molecule has 192 valence electrons. The van der Waals surface area contributed by atoms with Gasteiger partial charge in [-0.15, -0.1) is 0 Å². The number of anilines is 4. The summed E-state index contributed by atoms with van der Waals surface area (Å²) >= 11 is 3.50. The molecule has 2 aromatic carbocycles. The van der Waals surface area contributed by atoms with Crippen molar-refractivity contribution in [3.05, 3.63) is 71.5 Å². The minimum absolute atomic E-state index is 0.376. The summed E-state index contributed by atoms with van der Waals surface area (Å²) in [6.45, 7) is 1.87. The lowest BCUT2D eigenvalue weighted by Gasteiger charge is -2.26. The van der Waals surface area contributed by atoms with Gasteiger partial charge in [0.2, 0.25) is 5.95 Å². The Hall–Kier alpha value is -3.08. The molecule has 6 rings (SSSR count). The van der Waals surface area contributed by atoms with Crippen molar-refractivity contribution in [1.29, 1.82) is 0 Å². The van der Waals surface area contributed by atoms with E-state index in [0.29, 0.717) is 17.9 Å². The van der Waals surface area contributed by atoms with E-state index in [9.17, 15) is 4.21 Å². The second-order valence-electron chi connectivity index (χ2n) is 8.87. The average Bonchev–Trinajstić information content (AvgIpc) is 2.88. The van der Waals surface area contributed by atoms with Crippen LogP contribution in [0.2, 0.25) is 0 Å². The molecule has 10 heteroatoms. The van der Waals surface area contributed by atoms with Crippen molar-refractivity contribution in [1.82, 2.24) is 20.3 Å². The summed E-state index contributed by atoms with van der Waals surface area (Å²) in [6.07, 6.45) is 7.46. The van der Waals surface area contributed by atoms with Crippen molar-refractivity contribution >= 4 is 60.8 Å². The molecule has 0 radical (unpaired) electrons. The molecule has 2 fully saturated rings. The van der Waals surface area contributed by atoms with E-state index in [2.05, 4.69) is 46.8 Å². The lowest BCUT2D eigenvalue weighted by molar-refractivity contribution is 0.120. The van der Waals surface area contributed by atoms with E-state index in [1.54, 1.807) is 12.4 Å². The number of halogens is 1. The predicted molar refractivity (Wildman–Crippen MR) is 153 cm³/mol. The van der Waals surface area contributed by atoms with Gasteiger partial charge in [-0.2, -0.15) is 4.98 Å². The van der Waals surface area contributed by atoms with Crippen LogP contribution in [0.3, 0.4) is 0 Å². The van der Waals surface area contributed by atoms with Gasteiger partial charge >= 0.3 is 0 Å². The predicted octanol–water partition coefficient (Wildman–Crippen LogP) is 5.54. The van der Waals surface area contributed by atoms with Crippen LogP contribution in [0.25, 0.3) is 10.9 Å². The van der Waals surface area contributed by atoms with Crippen LogP contribution in [0.1, 0.15) is 19.3 Å². The molecule has 0 atom stereocenters. The van der Waals surface area contributed by atoms with E-state index in [1.807, 2.05) is 54.6 Å². The first-order chi connectivity index (χ1) is 18.1. The van der Waals surface area contributed by atoms with Crippen LogP contribution < -0.4 is 20.7 Å². The van der Waals surface area contributed by atoms with E-state index < -0.39 is 10.8 Å². The lowest BCUT2D eigenvalue weighted by Crippen LogP contribution is -2.32. The molecule has 3 heterocycles. The van der Waals surface area contributed by atoms with Crippen molar-refractivity contribution < 1.29 is 8.95 Å². The number of hydrogen-bond acceptors (Lipinski definition) is 8. The number of ether oxygens (including phenoxy) is 1. The molecule has 4 aromatic rings. The monoisotopic (exact) mass is 580 g/mol. The standard InChI is InChI=1S/C23H20BrN5O.C4H9NOS/c24-16-4-9-21-15(12-16)13-18(14-26-21)27-22-10-11-25-23(29-22)28-17-5-7-20(8-6-17)30-19-2-1-3-19;6-7-3-1-5-2-4-7/h4-14,19H,1-3H2,(H2,25,27,28,29);5H,1-4H2. The third kappa shape index (κ3) is 7.47. The van der Waals surface area contributed by atoms with E-state index in [-0.39, 0.29) is 0 Å². The third-order valence-electron chi connectivity index (χ3n) is 6.05. The number of rotatable bonds is 6. The Morgan fingerprint density at radius 1 is 0.946 bits per heavy atom. The first-order valence-corrected chi connectivity index (χ1v) is 14.6. The van der Waals surface area contributed by atoms with Gasteiger partial charge in [0.1, 0.15) is 11.6 Å². The summed E-state index contributed by atoms with van der Waals surface area (Å²) in [5, 5.41) is 10.7. The van der Waals surface area contributed by atoms with E-state index >= 15 is 0 Å². The number of benzene rings is 2. The Labute approximate surface area is 227 Å². The lowest BCUT2D eigenvalue weighted by atomic mass is 9.96. The first kappa shape index (κ1) is 25.6. The molecule has 1 saturated carbocycles. The molecular formula is C27H29BrN6O2S. The number of nitrogens with one attached hydrogen (secondary N) is 3. The zero-order valence-electron chi connectivity index (χ0n) is 20.3. The quantitative estimate of drug-likeness (QED) is 0.273. The van der Waals surface area contributed by atoms with Gasteiger partial charge in [0.05, 0.1) is 23.5 Å². The SMILES string of the molecule is Brc1ccc2ncc(Nc3ccnc(Nc4ccc(OC5CCC5)cc4)n3)cc2c1.O=S1CCNCC1. The summed E-state index contributed by atoms with van der Waals surface area (Å²) in [5.74, 6) is 3.80. The van der Waals surface area contributed by atoms with Crippen molar-refractivity contribution in [2.75, 3.05) is 35.2 Å². The highest BCUT2D eigenvalue weighted by atomic mass is 79.9. The normalized spacial score (nSPS) is 15.8. The highest BCUT2D eigenvalue weighted by Gasteiger charge is 2.18. The molecule has 8 nitrogen and oxygen atoms in total. The Morgan fingerprint density at radius 2 is 1.76 bits per heavy atom. The maximum atomic E-state index is 10.5. The van der Waals surface area contributed by atoms with Crippen LogP contribution in [0.4, 0.5) is 23.1 Å². The number of nitrogens with zero attached hydrogens (tertiary/aromatic N) is 3. The molecule has 0 bridgehead atoms. The van der Waals surface area contributed by atoms with Crippen LogP contribution in [0.5, 0.6) is 5.75 Å². The van der Waals surface area contributed by atoms with Gasteiger partial charge in [0.25, 0.3) is 0 Å². The van der Waals surface area contributed by atoms with Crippen LogP contribution in [0, 0.1) is 0 Å². The zero-order chi connectivity index (χ0) is 25.5. The molecule has 2 aromatic heterocycles. The molecule has 1 aliphatic heterocycles. The number of pyridine rings is 1. The molecule has 1 saturated heterocycles. The largest absolute Gasteiger partial charge is 0.490 e. The Kier molecular flexibility index (Phi) is 8.60. The van der Waals surface area contributed by atoms with Gasteiger partial charge in [-0.05, 0) is 73.9 Å². The summed E-state index contributed by atoms with van der Waals surface area (Å²) < 4.78 is 17.5. The van der Waals surface area contributed by atoms with Crippen LogP contribution >= 0.6 is 15.9 Å². The molecule has 0 spiro atoms. The molecule has 1 aliphatic carbocycles. The van der Waals surface area contributed by atoms with Gasteiger partial charge in [-0.3, -0.25) is 9.19 Å². The Bertz CT molecular complexity index is 1360. The van der Waals surface area contributed by atoms with Gasteiger partial charge in [-0.1, -0.05) is 15.9 Å². The van der Waals surface area contributed by atoms with E-state index in [1.165, 1.54) is 6.42 Å². The average molecular weight is 582 g/mol. The maximum absolute atomic E-state index is 10.5. The number of aromatic nitrogens is 3. The highest BCUT2D eigenvalue weighted by Crippen LogP contribution is 2.27. The molecule has 37 heavy (non-hydrogen) atoms. The minimum atomic E-state index is -0.503. The fourth-order valence-corrected chi connectivity index (χ4v) is 5.16. The zero-order valence-corrected chi connectivity index (χ0v) is 22.7. The Morgan fingerprint density at radius 3 is 2.46 bits per heavy atom. The fourth-order valence-electron chi connectivity index (χ4n) is 3.83. The molecule has 0 unspecified atom stereocenters. The highest BCUT2D eigenvalue weighted by molar-refractivity contribution is 9.10. The summed E-state index contributed by atoms with van der Waals surface area (Å²) in [6, 6.07) is 17.8. The van der Waals surface area contributed by atoms with E-state index in [4.69, 9.17) is 4.74 Å². The van der Waals surface area contributed by atoms with Gasteiger partial charge < -0.3 is 20.7 Å². The molecule has 2 aliphatic rings. The number of fused-ring (bicyclic) bond motifs is 1. The number of hydrogen-bond donors (Lipinski definition) is 3. The van der Waals surface area contributed by atoms with Crippen molar-refractivity contribution in [3.63, 3.8) is 0 Å². The Balaban J connectivity index is 0.000000348. The van der Waals surface area contributed by atoms with Crippen molar-refractivity contribution in [2.45, 2.75) is 25.4 Å². The van der Waals surface area contributed by atoms with Gasteiger partial charge in [-0.25, -0.2) is 4.98 Å². The van der Waals surface area contributed by atoms with Crippen LogP contribution in [-0.2, 0) is 10.8 Å². The van der Waals surface area contributed by atoms with Gasteiger partial charge in [0.15, 0.2) is 0 Å².